The van der Waals surface area contributed by atoms with Crippen molar-refractivity contribution in [1.82, 2.24) is 29.6 Å². The molecule has 3 saturated heterocycles. The highest BCUT2D eigenvalue weighted by molar-refractivity contribution is 7.90. The van der Waals surface area contributed by atoms with Gasteiger partial charge in [0.1, 0.15) is 29.6 Å². The number of piperidine rings is 1. The molecule has 10 rings (SSSR count). The zero-order chi connectivity index (χ0) is 51.6. The van der Waals surface area contributed by atoms with E-state index in [4.69, 9.17) is 9.47 Å². The number of nitrogens with zero attached hydrogens (tertiary/aromatic N) is 6. The topological polar surface area (TPSA) is 216 Å². The van der Waals surface area contributed by atoms with Gasteiger partial charge in [-0.2, -0.15) is 0 Å². The fourth-order valence-corrected chi connectivity index (χ4v) is 12.6. The van der Waals surface area contributed by atoms with Crippen molar-refractivity contribution in [3.63, 3.8) is 0 Å². The van der Waals surface area contributed by atoms with Gasteiger partial charge in [-0.1, -0.05) is 52.0 Å². The lowest BCUT2D eigenvalue weighted by Crippen LogP contribution is -2.68. The molecule has 3 aromatic carbocycles. The Morgan fingerprint density at radius 3 is 2.45 bits per heavy atom. The third kappa shape index (κ3) is 10.1. The van der Waals surface area contributed by atoms with Crippen LogP contribution < -0.4 is 24.4 Å². The van der Waals surface area contributed by atoms with Crippen molar-refractivity contribution in [1.29, 1.82) is 0 Å². The van der Waals surface area contributed by atoms with E-state index >= 15 is 0 Å². The lowest BCUT2D eigenvalue weighted by Gasteiger charge is -2.60. The Balaban J connectivity index is 0.863. The molecule has 2 atom stereocenters. The van der Waals surface area contributed by atoms with Gasteiger partial charge in [0.2, 0.25) is 5.91 Å². The van der Waals surface area contributed by atoms with E-state index in [2.05, 4.69) is 73.0 Å². The number of halogens is 1. The number of aliphatic hydroxyl groups is 1. The minimum Gasteiger partial charge on any atom is -0.489 e. The number of amides is 2. The van der Waals surface area contributed by atoms with Gasteiger partial charge in [-0.15, -0.1) is 0 Å². The van der Waals surface area contributed by atoms with Gasteiger partial charge >= 0.3 is 0 Å². The van der Waals surface area contributed by atoms with Crippen LogP contribution in [0.25, 0.3) is 11.0 Å². The van der Waals surface area contributed by atoms with E-state index in [0.29, 0.717) is 57.8 Å². The monoisotopic (exact) mass is 1020 g/mol. The van der Waals surface area contributed by atoms with Crippen LogP contribution in [0.15, 0.2) is 78.0 Å². The van der Waals surface area contributed by atoms with Crippen molar-refractivity contribution in [2.24, 2.45) is 17.3 Å². The molecule has 0 unspecified atom stereocenters. The summed E-state index contributed by atoms with van der Waals surface area (Å²) < 4.78 is 57.1. The summed E-state index contributed by atoms with van der Waals surface area (Å²) in [5.41, 5.74) is 2.22. The van der Waals surface area contributed by atoms with E-state index in [1.807, 2.05) is 18.7 Å². The molecule has 2 aromatic heterocycles. The van der Waals surface area contributed by atoms with Gasteiger partial charge in [-0.3, -0.25) is 19.7 Å². The van der Waals surface area contributed by atoms with Gasteiger partial charge in [0.05, 0.1) is 44.7 Å². The number of aromatic nitrogens is 2. The summed E-state index contributed by atoms with van der Waals surface area (Å²) in [5.74, 6) is -1.08. The maximum Gasteiger partial charge on any atom is 0.297 e. The predicted molar refractivity (Wildman–Crippen MR) is 273 cm³/mol. The Morgan fingerprint density at radius 2 is 1.74 bits per heavy atom. The fourth-order valence-electron chi connectivity index (χ4n) is 11.6. The summed E-state index contributed by atoms with van der Waals surface area (Å²) >= 11 is 0. The first-order chi connectivity index (χ1) is 34.8. The number of hydrogen-bond acceptors (Lipinski definition) is 14. The molecule has 1 saturated carbocycles. The number of carbonyl (C=O) groups excluding carboxylic acids is 2. The third-order valence-corrected chi connectivity index (χ3v) is 17.1. The number of hydrogen-bond donors (Lipinski definition) is 4. The molecule has 5 aromatic rings. The zero-order valence-electron chi connectivity index (χ0n) is 41.9. The summed E-state index contributed by atoms with van der Waals surface area (Å²) in [6, 6.07) is 16.7. The van der Waals surface area contributed by atoms with Crippen LogP contribution >= 0.6 is 0 Å². The zero-order valence-corrected chi connectivity index (χ0v) is 42.7. The number of pyridine rings is 1. The van der Waals surface area contributed by atoms with Crippen molar-refractivity contribution in [3.8, 4) is 17.2 Å². The number of nitro benzene ring substituents is 1. The Bertz CT molecular complexity index is 3050. The van der Waals surface area contributed by atoms with Gasteiger partial charge in [-0.25, -0.2) is 32.5 Å². The summed E-state index contributed by atoms with van der Waals surface area (Å²) in [6.07, 6.45) is 6.85. The number of carbonyl (C=O) groups is 2. The molecular weight excluding hydrogens is 958 g/mol. The first kappa shape index (κ1) is 50.2. The van der Waals surface area contributed by atoms with Gasteiger partial charge in [0.15, 0.2) is 11.4 Å². The molecule has 2 amide bonds. The van der Waals surface area contributed by atoms with Crippen molar-refractivity contribution in [2.75, 3.05) is 62.6 Å². The molecule has 0 radical (unpaired) electrons. The number of ether oxygens (including phenoxy) is 2. The van der Waals surface area contributed by atoms with Crippen LogP contribution in [0.2, 0.25) is 0 Å². The smallest absolute Gasteiger partial charge is 0.297 e. The SMILES string of the molecule is CC(C)C(=O)N1CCN(N2CC3(CCN(c4ccc(C(=O)NS(=O)(=O)c5cc6c(c([N+](=O)[O-])c5)N[C@@H]([C@H]5CC[C@](C)(O)CC5)CO6)c(Oc5cnc6[nH]cc(F)c6c5)c4)CC3)C2)[C@@H](c2ccccc2C(C)C)C1. The van der Waals surface area contributed by atoms with Crippen LogP contribution in [0.3, 0.4) is 0 Å². The maximum atomic E-state index is 14.7. The Kier molecular flexibility index (Phi) is 13.4. The van der Waals surface area contributed by atoms with Gasteiger partial charge in [0.25, 0.3) is 21.6 Å². The largest absolute Gasteiger partial charge is 0.489 e. The number of benzene rings is 3. The number of piperazine rings is 1. The Labute approximate surface area is 424 Å². The highest BCUT2D eigenvalue weighted by atomic mass is 32.2. The molecule has 5 aliphatic rings. The summed E-state index contributed by atoms with van der Waals surface area (Å²) in [4.78, 5) is 49.9. The molecule has 1 aliphatic carbocycles. The molecule has 6 heterocycles. The second-order valence-electron chi connectivity index (χ2n) is 21.6. The van der Waals surface area contributed by atoms with Crippen LogP contribution in [0.1, 0.15) is 107 Å². The van der Waals surface area contributed by atoms with E-state index in [9.17, 15) is 37.6 Å². The van der Waals surface area contributed by atoms with Crippen molar-refractivity contribution in [2.45, 2.75) is 102 Å². The highest BCUT2D eigenvalue weighted by Gasteiger charge is 2.49. The number of H-pyrrole nitrogens is 1. The number of aromatic amines is 1. The first-order valence-electron chi connectivity index (χ1n) is 25.4. The fraction of sp³-hybridized carbons (Fsp3) is 0.491. The van der Waals surface area contributed by atoms with Crippen LogP contribution in [0.5, 0.6) is 17.2 Å². The van der Waals surface area contributed by atoms with Gasteiger partial charge in [0, 0.05) is 87.2 Å². The quantitative estimate of drug-likeness (QED) is 0.0686. The van der Waals surface area contributed by atoms with E-state index in [-0.39, 0.29) is 81.4 Å². The normalized spacial score (nSPS) is 23.4. The first-order valence-corrected chi connectivity index (χ1v) is 26.9. The molecule has 18 nitrogen and oxygen atoms in total. The van der Waals surface area contributed by atoms with Crippen LogP contribution in [-0.4, -0.2) is 119 Å². The number of nitro groups is 1. The molecule has 73 heavy (non-hydrogen) atoms. The van der Waals surface area contributed by atoms with E-state index in [1.165, 1.54) is 35.7 Å². The summed E-state index contributed by atoms with van der Waals surface area (Å²) in [5, 5.41) is 31.2. The number of hydrazine groups is 1. The highest BCUT2D eigenvalue weighted by Crippen LogP contribution is 2.47. The number of rotatable bonds is 12. The molecular formula is C53H64FN9O9S. The summed E-state index contributed by atoms with van der Waals surface area (Å²) in [6.45, 7) is 15.4. The van der Waals surface area contributed by atoms with Gasteiger partial charge < -0.3 is 34.7 Å². The lowest BCUT2D eigenvalue weighted by atomic mass is 9.72. The van der Waals surface area contributed by atoms with E-state index in [1.54, 1.807) is 19.1 Å². The minimum atomic E-state index is -4.75. The Hall–Kier alpha value is -6.35. The van der Waals surface area contributed by atoms with Crippen molar-refractivity contribution in [3.05, 3.63) is 106 Å². The minimum absolute atomic E-state index is 0.0144. The molecule has 4 aliphatic heterocycles. The number of sulfonamides is 1. The van der Waals surface area contributed by atoms with Crippen molar-refractivity contribution >= 4 is 49.9 Å². The van der Waals surface area contributed by atoms with Crippen LogP contribution in [0.4, 0.5) is 21.5 Å². The van der Waals surface area contributed by atoms with E-state index < -0.39 is 42.9 Å². The predicted octanol–water partition coefficient (Wildman–Crippen LogP) is 8.12. The number of fused-ring (bicyclic) bond motifs is 2. The maximum absolute atomic E-state index is 14.7. The standard InChI is InChI=1S/C53H64FN9O9S/c1-32(2)38-8-6-7-9-39(38)45-28-60(51(65)33(3)4)20-21-62(45)61-30-53(31-61)16-18-59(19-17-53)35-10-11-40(46(22-35)72-36-23-41-42(54)27-56-49(41)55-26-36)50(64)58-73(69,70)37-24-44(63(67)68)48-47(25-37)71-29-43(57-48)34-12-14-52(5,66)15-13-34/h6-11,22-27,32-34,43,45,57,66H,12-21,28-31H2,1-5H3,(H,55,56)(H,58,64)/t34-,43-,45-,52-/m1/s1. The van der Waals surface area contributed by atoms with Crippen LogP contribution in [0, 0.1) is 33.2 Å². The molecule has 4 N–H and O–H groups in total. The van der Waals surface area contributed by atoms with Gasteiger partial charge in [-0.05, 0) is 86.6 Å². The number of anilines is 2. The summed E-state index contributed by atoms with van der Waals surface area (Å²) in [7, 11) is -4.75. The average molecular weight is 1020 g/mol. The van der Waals surface area contributed by atoms with Crippen LogP contribution in [-0.2, 0) is 14.8 Å². The second kappa shape index (κ2) is 19.5. The van der Waals surface area contributed by atoms with E-state index in [0.717, 1.165) is 50.3 Å². The number of nitrogens with one attached hydrogen (secondary N) is 3. The third-order valence-electron chi connectivity index (χ3n) is 15.8. The molecule has 388 valence electrons. The molecule has 4 fully saturated rings. The molecule has 1 spiro atoms. The van der Waals surface area contributed by atoms with Crippen molar-refractivity contribution < 1.29 is 41.9 Å². The molecule has 0 bridgehead atoms. The lowest BCUT2D eigenvalue weighted by molar-refractivity contribution is -0.384. The second-order valence-corrected chi connectivity index (χ2v) is 23.3. The average Bonchev–Trinajstić information content (AvgIpc) is 3.73. The Morgan fingerprint density at radius 1 is 1.00 bits per heavy atom. The molecule has 20 heteroatoms.